The van der Waals surface area contributed by atoms with Gasteiger partial charge in [0.15, 0.2) is 0 Å². The first kappa shape index (κ1) is 18.2. The lowest BCUT2D eigenvalue weighted by molar-refractivity contribution is -0.142. The highest BCUT2D eigenvalue weighted by Gasteiger charge is 2.19. The molecule has 2 N–H and O–H groups in total. The third-order valence-corrected chi connectivity index (χ3v) is 4.39. The Hall–Kier alpha value is -0.820. The normalized spacial score (nSPS) is 12.1. The van der Waals surface area contributed by atoms with Gasteiger partial charge in [-0.2, -0.15) is 0 Å². The van der Waals surface area contributed by atoms with Crippen LogP contribution in [0.15, 0.2) is 6.07 Å². The first-order valence-corrected chi connectivity index (χ1v) is 7.96. The molecule has 1 aromatic rings. The van der Waals surface area contributed by atoms with E-state index < -0.39 is 12.0 Å². The molecule has 0 aliphatic rings. The van der Waals surface area contributed by atoms with Gasteiger partial charge in [-0.25, -0.2) is 4.79 Å². The van der Waals surface area contributed by atoms with Gasteiger partial charge < -0.3 is 15.2 Å². The highest BCUT2D eigenvalue weighted by molar-refractivity contribution is 7.20. The lowest BCUT2D eigenvalue weighted by Crippen LogP contribution is -2.41. The fourth-order valence-electron chi connectivity index (χ4n) is 1.74. The summed E-state index contributed by atoms with van der Waals surface area (Å²) in [5, 5.41) is 11.5. The van der Waals surface area contributed by atoms with Crippen LogP contribution in [0.25, 0.3) is 0 Å². The Kier molecular flexibility index (Phi) is 8.03. The van der Waals surface area contributed by atoms with Gasteiger partial charge in [-0.15, -0.1) is 11.3 Å². The van der Waals surface area contributed by atoms with E-state index in [0.717, 1.165) is 5.56 Å². The average Bonchev–Trinajstić information content (AvgIpc) is 2.72. The van der Waals surface area contributed by atoms with Crippen molar-refractivity contribution in [3.05, 3.63) is 20.3 Å². The van der Waals surface area contributed by atoms with Crippen molar-refractivity contribution in [3.63, 3.8) is 0 Å². The van der Waals surface area contributed by atoms with Crippen LogP contribution in [0.1, 0.15) is 24.8 Å². The van der Waals surface area contributed by atoms with E-state index in [2.05, 4.69) is 5.32 Å². The molecule has 0 saturated heterocycles. The molecule has 1 aromatic heterocycles. The second-order valence-corrected chi connectivity index (χ2v) is 6.73. The lowest BCUT2D eigenvalue weighted by Gasteiger charge is -2.13. The Morgan fingerprint density at radius 1 is 1.48 bits per heavy atom. The molecule has 0 aliphatic heterocycles. The summed E-state index contributed by atoms with van der Waals surface area (Å²) in [5.41, 5.74) is 0.911. The van der Waals surface area contributed by atoms with Crippen LogP contribution < -0.4 is 5.32 Å². The van der Waals surface area contributed by atoms with E-state index in [4.69, 9.17) is 33.0 Å². The number of carbonyl (C=O) groups is 2. The van der Waals surface area contributed by atoms with Gasteiger partial charge in [0.25, 0.3) is 0 Å². The predicted octanol–water partition coefficient (Wildman–Crippen LogP) is 2.98. The summed E-state index contributed by atoms with van der Waals surface area (Å²) in [6.07, 6.45) is 1.69. The van der Waals surface area contributed by atoms with Gasteiger partial charge in [0.1, 0.15) is 6.04 Å². The monoisotopic (exact) mass is 353 g/mol. The Bertz CT molecular complexity index is 493. The van der Waals surface area contributed by atoms with Crippen molar-refractivity contribution in [1.29, 1.82) is 0 Å². The highest BCUT2D eigenvalue weighted by atomic mass is 35.5. The van der Waals surface area contributed by atoms with Crippen LogP contribution in [-0.4, -0.2) is 36.7 Å². The fraction of sp³-hybridized carbons (Fsp3) is 0.538. The van der Waals surface area contributed by atoms with Gasteiger partial charge >= 0.3 is 5.97 Å². The number of thiophene rings is 1. The number of aryl methyl sites for hydroxylation is 1. The highest BCUT2D eigenvalue weighted by Crippen LogP contribution is 2.31. The summed E-state index contributed by atoms with van der Waals surface area (Å²) in [5.74, 6) is -1.36. The summed E-state index contributed by atoms with van der Waals surface area (Å²) in [7, 11) is 1.48. The van der Waals surface area contributed by atoms with Crippen molar-refractivity contribution in [2.45, 2.75) is 31.7 Å². The number of carboxylic acid groups (broad SMARTS) is 1. The number of hydrogen-bond acceptors (Lipinski definition) is 4. The van der Waals surface area contributed by atoms with Crippen molar-refractivity contribution >= 4 is 46.4 Å². The Balaban J connectivity index is 2.35. The maximum absolute atomic E-state index is 11.7. The van der Waals surface area contributed by atoms with Crippen LogP contribution in [-0.2, 0) is 20.7 Å². The minimum atomic E-state index is -1.06. The lowest BCUT2D eigenvalue weighted by atomic mass is 10.1. The zero-order chi connectivity index (χ0) is 15.8. The summed E-state index contributed by atoms with van der Waals surface area (Å²) in [6.45, 7) is 0.278. The van der Waals surface area contributed by atoms with Gasteiger partial charge in [0.2, 0.25) is 5.91 Å². The van der Waals surface area contributed by atoms with Gasteiger partial charge in [0, 0.05) is 26.6 Å². The summed E-state index contributed by atoms with van der Waals surface area (Å²) >= 11 is 13.1. The SMILES string of the molecule is COCCC(NC(=O)CCCc1cc(Cl)sc1Cl)C(=O)O. The quantitative estimate of drug-likeness (QED) is 0.715. The second-order valence-electron chi connectivity index (χ2n) is 4.44. The van der Waals surface area contributed by atoms with Crippen LogP contribution in [0.2, 0.25) is 8.67 Å². The van der Waals surface area contributed by atoms with Gasteiger partial charge in [0.05, 0.1) is 8.67 Å². The van der Waals surface area contributed by atoms with E-state index >= 15 is 0 Å². The topological polar surface area (TPSA) is 75.6 Å². The molecule has 118 valence electrons. The zero-order valence-corrected chi connectivity index (χ0v) is 13.9. The minimum absolute atomic E-state index is 0.237. The van der Waals surface area contributed by atoms with Gasteiger partial charge in [-0.3, -0.25) is 4.79 Å². The summed E-state index contributed by atoms with van der Waals surface area (Å²) in [6, 6.07) is 0.863. The maximum Gasteiger partial charge on any atom is 0.326 e. The van der Waals surface area contributed by atoms with E-state index in [-0.39, 0.29) is 25.4 Å². The van der Waals surface area contributed by atoms with Crippen molar-refractivity contribution in [3.8, 4) is 0 Å². The molecule has 1 heterocycles. The Morgan fingerprint density at radius 3 is 2.71 bits per heavy atom. The molecular weight excluding hydrogens is 337 g/mol. The van der Waals surface area contributed by atoms with Gasteiger partial charge in [-0.1, -0.05) is 23.2 Å². The fourth-order valence-corrected chi connectivity index (χ4v) is 3.29. The molecule has 0 aliphatic carbocycles. The molecule has 0 bridgehead atoms. The van der Waals surface area contributed by atoms with Crippen molar-refractivity contribution in [1.82, 2.24) is 5.32 Å². The molecule has 0 radical (unpaired) electrons. The van der Waals surface area contributed by atoms with Crippen molar-refractivity contribution in [2.75, 3.05) is 13.7 Å². The molecule has 1 atom stereocenters. The van der Waals surface area contributed by atoms with Gasteiger partial charge in [-0.05, 0) is 24.5 Å². The number of carbonyl (C=O) groups excluding carboxylic acids is 1. The molecule has 5 nitrogen and oxygen atoms in total. The number of methoxy groups -OCH3 is 1. The molecule has 0 fully saturated rings. The number of rotatable bonds is 9. The van der Waals surface area contributed by atoms with E-state index in [1.54, 1.807) is 6.07 Å². The standard InChI is InChI=1S/C13H17Cl2NO4S/c1-20-6-5-9(13(18)19)16-11(17)4-2-3-8-7-10(14)21-12(8)15/h7,9H,2-6H2,1H3,(H,16,17)(H,18,19). The number of hydrogen-bond donors (Lipinski definition) is 2. The van der Waals surface area contributed by atoms with Crippen LogP contribution in [0.4, 0.5) is 0 Å². The van der Waals surface area contributed by atoms with Crippen LogP contribution >= 0.6 is 34.5 Å². The number of aliphatic carboxylic acids is 1. The van der Waals surface area contributed by atoms with Crippen LogP contribution in [0.3, 0.4) is 0 Å². The molecule has 1 amide bonds. The predicted molar refractivity (Wildman–Crippen MR) is 83.3 cm³/mol. The van der Waals surface area contributed by atoms with Crippen LogP contribution in [0, 0.1) is 0 Å². The first-order chi connectivity index (χ1) is 9.93. The van der Waals surface area contributed by atoms with E-state index in [9.17, 15) is 9.59 Å². The molecule has 1 rings (SSSR count). The number of carboxylic acids is 1. The second kappa shape index (κ2) is 9.25. The average molecular weight is 354 g/mol. The third-order valence-electron chi connectivity index (χ3n) is 2.82. The number of ether oxygens (including phenoxy) is 1. The largest absolute Gasteiger partial charge is 0.480 e. The molecule has 0 aromatic carbocycles. The molecule has 21 heavy (non-hydrogen) atoms. The zero-order valence-electron chi connectivity index (χ0n) is 11.5. The van der Waals surface area contributed by atoms with E-state index in [1.807, 2.05) is 0 Å². The Labute approximate surface area is 137 Å². The summed E-state index contributed by atoms with van der Waals surface area (Å²) in [4.78, 5) is 22.7. The molecular formula is C13H17Cl2NO4S. The smallest absolute Gasteiger partial charge is 0.326 e. The van der Waals surface area contributed by atoms with Crippen LogP contribution in [0.5, 0.6) is 0 Å². The first-order valence-electron chi connectivity index (χ1n) is 6.39. The number of halogens is 2. The third kappa shape index (κ3) is 6.65. The Morgan fingerprint density at radius 2 is 2.19 bits per heavy atom. The number of amides is 1. The molecule has 8 heteroatoms. The van der Waals surface area contributed by atoms with Crippen molar-refractivity contribution in [2.24, 2.45) is 0 Å². The van der Waals surface area contributed by atoms with Crippen molar-refractivity contribution < 1.29 is 19.4 Å². The van der Waals surface area contributed by atoms with E-state index in [0.29, 0.717) is 21.5 Å². The summed E-state index contributed by atoms with van der Waals surface area (Å²) < 4.78 is 6.06. The maximum atomic E-state index is 11.7. The molecule has 1 unspecified atom stereocenters. The van der Waals surface area contributed by atoms with E-state index in [1.165, 1.54) is 18.4 Å². The molecule has 0 spiro atoms. The minimum Gasteiger partial charge on any atom is -0.480 e. The number of nitrogens with one attached hydrogen (secondary N) is 1. The molecule has 0 saturated carbocycles.